The Hall–Kier alpha value is -1.84. The van der Waals surface area contributed by atoms with Crippen LogP contribution in [-0.2, 0) is 4.79 Å². The van der Waals surface area contributed by atoms with Crippen molar-refractivity contribution in [1.29, 1.82) is 5.26 Å². The first-order chi connectivity index (χ1) is 11.4. The van der Waals surface area contributed by atoms with E-state index in [2.05, 4.69) is 21.2 Å². The smallest absolute Gasteiger partial charge is 0.231 e. The molecule has 0 spiro atoms. The van der Waals surface area contributed by atoms with E-state index in [1.165, 1.54) is 23.9 Å². The molecule has 0 aliphatic rings. The highest BCUT2D eigenvalue weighted by molar-refractivity contribution is 9.10. The van der Waals surface area contributed by atoms with Gasteiger partial charge in [-0.25, -0.2) is 4.39 Å². The summed E-state index contributed by atoms with van der Waals surface area (Å²) in [6.45, 7) is 3.96. The first-order valence-electron chi connectivity index (χ1n) is 7.25. The van der Waals surface area contributed by atoms with Gasteiger partial charge in [-0.05, 0) is 43.2 Å². The average Bonchev–Trinajstić information content (AvgIpc) is 2.55. The van der Waals surface area contributed by atoms with Crippen molar-refractivity contribution in [3.8, 4) is 6.07 Å². The number of aryl methyl sites for hydroxylation is 2. The Morgan fingerprint density at radius 3 is 2.71 bits per heavy atom. The van der Waals surface area contributed by atoms with Crippen molar-refractivity contribution < 1.29 is 9.18 Å². The van der Waals surface area contributed by atoms with E-state index >= 15 is 0 Å². The molecular weight excluding hydrogens is 391 g/mol. The van der Waals surface area contributed by atoms with Gasteiger partial charge in [-0.2, -0.15) is 5.26 Å². The van der Waals surface area contributed by atoms with Crippen LogP contribution in [-0.4, -0.2) is 11.7 Å². The number of benzene rings is 2. The second kappa shape index (κ2) is 8.32. The van der Waals surface area contributed by atoms with E-state index in [-0.39, 0.29) is 17.2 Å². The van der Waals surface area contributed by atoms with Crippen LogP contribution in [0.1, 0.15) is 22.7 Å². The maximum Gasteiger partial charge on any atom is 0.231 e. The molecule has 0 heterocycles. The minimum Gasteiger partial charge on any atom is -0.336 e. The normalized spacial score (nSPS) is 11.6. The van der Waals surface area contributed by atoms with E-state index in [4.69, 9.17) is 0 Å². The van der Waals surface area contributed by atoms with Crippen LogP contribution in [0.4, 0.5) is 4.39 Å². The van der Waals surface area contributed by atoms with Gasteiger partial charge in [0.25, 0.3) is 0 Å². The number of rotatable bonds is 5. The number of halogens is 2. The van der Waals surface area contributed by atoms with Crippen LogP contribution in [0.25, 0.3) is 0 Å². The van der Waals surface area contributed by atoms with Gasteiger partial charge in [0.05, 0.1) is 11.8 Å². The minimum atomic E-state index is -0.993. The molecule has 1 amide bonds. The molecular formula is C18H16BrFN2OS. The second-order valence-corrected chi connectivity index (χ2v) is 7.18. The zero-order valence-corrected chi connectivity index (χ0v) is 15.7. The summed E-state index contributed by atoms with van der Waals surface area (Å²) in [5, 5.41) is 11.8. The van der Waals surface area contributed by atoms with Gasteiger partial charge in [0.15, 0.2) is 0 Å². The summed E-state index contributed by atoms with van der Waals surface area (Å²) < 4.78 is 14.8. The highest BCUT2D eigenvalue weighted by atomic mass is 79.9. The minimum absolute atomic E-state index is 0.161. The van der Waals surface area contributed by atoms with Gasteiger partial charge >= 0.3 is 0 Å². The SMILES string of the molecule is Cc1cc(SCC(=O)NC(C#N)c2ccccc2F)c(C)cc1Br. The summed E-state index contributed by atoms with van der Waals surface area (Å²) in [5.74, 6) is -0.652. The molecule has 0 saturated heterocycles. The van der Waals surface area contributed by atoms with Crippen LogP contribution in [0.15, 0.2) is 45.8 Å². The number of hydrogen-bond donors (Lipinski definition) is 1. The predicted octanol–water partition coefficient (Wildman–Crippen LogP) is 4.68. The van der Waals surface area contributed by atoms with Crippen LogP contribution in [0.3, 0.4) is 0 Å². The third-order valence-electron chi connectivity index (χ3n) is 3.47. The number of thioether (sulfide) groups is 1. The number of amides is 1. The highest BCUT2D eigenvalue weighted by Crippen LogP contribution is 2.28. The Kier molecular flexibility index (Phi) is 6.41. The standard InChI is InChI=1S/C18H16BrFN2OS/c1-11-8-17(12(2)7-14(11)19)24-10-18(23)22-16(9-21)13-5-3-4-6-15(13)20/h3-8,16H,10H2,1-2H3,(H,22,23). The number of hydrogen-bond acceptors (Lipinski definition) is 3. The van der Waals surface area contributed by atoms with Crippen molar-refractivity contribution >= 4 is 33.6 Å². The molecule has 124 valence electrons. The summed E-state index contributed by atoms with van der Waals surface area (Å²) >= 11 is 4.87. The van der Waals surface area contributed by atoms with Crippen LogP contribution in [0, 0.1) is 31.0 Å². The number of carbonyl (C=O) groups is 1. The highest BCUT2D eigenvalue weighted by Gasteiger charge is 2.17. The molecule has 2 aromatic carbocycles. The lowest BCUT2D eigenvalue weighted by Gasteiger charge is -2.13. The van der Waals surface area contributed by atoms with E-state index in [1.807, 2.05) is 32.0 Å². The van der Waals surface area contributed by atoms with Gasteiger partial charge in [0.2, 0.25) is 5.91 Å². The van der Waals surface area contributed by atoms with Crippen LogP contribution >= 0.6 is 27.7 Å². The van der Waals surface area contributed by atoms with E-state index in [0.29, 0.717) is 0 Å². The molecule has 0 bridgehead atoms. The quantitative estimate of drug-likeness (QED) is 0.733. The summed E-state index contributed by atoms with van der Waals surface area (Å²) in [6, 6.07) is 10.9. The molecule has 2 aromatic rings. The average molecular weight is 407 g/mol. The lowest BCUT2D eigenvalue weighted by molar-refractivity contribution is -0.118. The molecule has 0 radical (unpaired) electrons. The summed E-state index contributed by atoms with van der Waals surface area (Å²) in [7, 11) is 0. The summed E-state index contributed by atoms with van der Waals surface area (Å²) in [4.78, 5) is 13.1. The Balaban J connectivity index is 2.02. The third-order valence-corrected chi connectivity index (χ3v) is 5.48. The van der Waals surface area contributed by atoms with Gasteiger partial charge in [0, 0.05) is 14.9 Å². The number of carbonyl (C=O) groups excluding carboxylic acids is 1. The molecule has 0 aliphatic heterocycles. The fraction of sp³-hybridized carbons (Fsp3) is 0.222. The van der Waals surface area contributed by atoms with Gasteiger partial charge in [0.1, 0.15) is 11.9 Å². The Morgan fingerprint density at radius 1 is 1.33 bits per heavy atom. The van der Waals surface area contributed by atoms with Crippen LogP contribution < -0.4 is 5.32 Å². The number of nitriles is 1. The van der Waals surface area contributed by atoms with Gasteiger partial charge in [-0.3, -0.25) is 4.79 Å². The van der Waals surface area contributed by atoms with E-state index in [0.717, 1.165) is 20.5 Å². The van der Waals surface area contributed by atoms with Crippen LogP contribution in [0.2, 0.25) is 0 Å². The second-order valence-electron chi connectivity index (χ2n) is 5.31. The zero-order valence-electron chi connectivity index (χ0n) is 13.3. The Labute approximate surface area is 153 Å². The molecule has 0 fully saturated rings. The molecule has 1 unspecified atom stereocenters. The molecule has 3 nitrogen and oxygen atoms in total. The largest absolute Gasteiger partial charge is 0.336 e. The molecule has 0 aliphatic carbocycles. The fourth-order valence-electron chi connectivity index (χ4n) is 2.14. The van der Waals surface area contributed by atoms with Gasteiger partial charge in [-0.1, -0.05) is 34.1 Å². The lowest BCUT2D eigenvalue weighted by Crippen LogP contribution is -2.29. The van der Waals surface area contributed by atoms with Crippen molar-refractivity contribution in [2.45, 2.75) is 24.8 Å². The Morgan fingerprint density at radius 2 is 2.04 bits per heavy atom. The molecule has 1 N–H and O–H groups in total. The summed E-state index contributed by atoms with van der Waals surface area (Å²) in [5.41, 5.74) is 2.33. The summed E-state index contributed by atoms with van der Waals surface area (Å²) in [6.07, 6.45) is 0. The predicted molar refractivity (Wildman–Crippen MR) is 97.2 cm³/mol. The first-order valence-corrected chi connectivity index (χ1v) is 9.03. The number of nitrogens with one attached hydrogen (secondary N) is 1. The monoisotopic (exact) mass is 406 g/mol. The number of nitrogens with zero attached hydrogens (tertiary/aromatic N) is 1. The molecule has 2 rings (SSSR count). The zero-order chi connectivity index (χ0) is 17.7. The molecule has 6 heteroatoms. The lowest BCUT2D eigenvalue weighted by atomic mass is 10.1. The van der Waals surface area contributed by atoms with Crippen molar-refractivity contribution in [1.82, 2.24) is 5.32 Å². The van der Waals surface area contributed by atoms with Gasteiger partial charge < -0.3 is 5.32 Å². The Bertz CT molecular complexity index is 804. The van der Waals surface area contributed by atoms with Crippen molar-refractivity contribution in [2.75, 3.05) is 5.75 Å². The first kappa shape index (κ1) is 18.5. The van der Waals surface area contributed by atoms with Crippen molar-refractivity contribution in [3.05, 3.63) is 63.4 Å². The third kappa shape index (κ3) is 4.59. The molecule has 0 aromatic heterocycles. The van der Waals surface area contributed by atoms with E-state index < -0.39 is 11.9 Å². The van der Waals surface area contributed by atoms with E-state index in [9.17, 15) is 14.4 Å². The van der Waals surface area contributed by atoms with Crippen molar-refractivity contribution in [3.63, 3.8) is 0 Å². The van der Waals surface area contributed by atoms with Crippen molar-refractivity contribution in [2.24, 2.45) is 0 Å². The van der Waals surface area contributed by atoms with E-state index in [1.54, 1.807) is 12.1 Å². The maximum absolute atomic E-state index is 13.8. The fourth-order valence-corrected chi connectivity index (χ4v) is 3.52. The van der Waals surface area contributed by atoms with Gasteiger partial charge in [-0.15, -0.1) is 11.8 Å². The topological polar surface area (TPSA) is 52.9 Å². The maximum atomic E-state index is 13.8. The molecule has 1 atom stereocenters. The molecule has 0 saturated carbocycles. The molecule has 24 heavy (non-hydrogen) atoms. The van der Waals surface area contributed by atoms with Crippen LogP contribution in [0.5, 0.6) is 0 Å².